The van der Waals surface area contributed by atoms with Crippen LogP contribution in [0.15, 0.2) is 21.9 Å². The van der Waals surface area contributed by atoms with Crippen molar-refractivity contribution in [2.24, 2.45) is 5.84 Å². The highest BCUT2D eigenvalue weighted by Gasteiger charge is 2.07. The number of nitrogens with one attached hydrogen (secondary N) is 2. The van der Waals surface area contributed by atoms with E-state index >= 15 is 0 Å². The van der Waals surface area contributed by atoms with Gasteiger partial charge in [-0.25, -0.2) is 20.6 Å². The predicted octanol–water partition coefficient (Wildman–Crippen LogP) is -0.469. The number of aryl methyl sites for hydroxylation is 2. The molecule has 0 amide bonds. The molecule has 2 aromatic rings. The van der Waals surface area contributed by atoms with Crippen molar-refractivity contribution in [1.82, 2.24) is 19.5 Å². The first-order chi connectivity index (χ1) is 9.53. The monoisotopic (exact) mass is 276 g/mol. The minimum atomic E-state index is -0.487. The summed E-state index contributed by atoms with van der Waals surface area (Å²) in [6.07, 6.45) is 2.07. The van der Waals surface area contributed by atoms with E-state index in [1.54, 1.807) is 13.0 Å². The summed E-state index contributed by atoms with van der Waals surface area (Å²) in [5, 5.41) is 0. The van der Waals surface area contributed by atoms with E-state index in [-0.39, 0.29) is 12.1 Å². The molecule has 4 N–H and O–H groups in total. The number of hydrazine groups is 1. The number of nitrogens with zero attached hydrogens (tertiary/aromatic N) is 3. The van der Waals surface area contributed by atoms with Gasteiger partial charge in [-0.2, -0.15) is 0 Å². The van der Waals surface area contributed by atoms with Crippen molar-refractivity contribution in [1.29, 1.82) is 0 Å². The molecule has 0 bridgehead atoms. The Morgan fingerprint density at radius 2 is 2.15 bits per heavy atom. The summed E-state index contributed by atoms with van der Waals surface area (Å²) in [5.74, 6) is 6.23. The summed E-state index contributed by atoms with van der Waals surface area (Å²) >= 11 is 0. The molecule has 0 aliphatic rings. The Kier molecular flexibility index (Phi) is 3.94. The van der Waals surface area contributed by atoms with E-state index in [1.165, 1.54) is 10.8 Å². The molecule has 20 heavy (non-hydrogen) atoms. The quantitative estimate of drug-likeness (QED) is 0.513. The Bertz CT molecular complexity index is 733. The van der Waals surface area contributed by atoms with E-state index in [0.29, 0.717) is 23.6 Å². The lowest BCUT2D eigenvalue weighted by molar-refractivity contribution is 0.674. The highest BCUT2D eigenvalue weighted by molar-refractivity contribution is 5.33. The Balaban J connectivity index is 2.42. The fourth-order valence-electron chi connectivity index (χ4n) is 1.85. The maximum atomic E-state index is 11.8. The fraction of sp³-hybridized carbons (Fsp3) is 0.333. The standard InChI is InChI=1S/C12H16N6O2/c1-3-8-5-18(12(20)16-11(8)19)6-10-14-7(2)4-9(15-10)17-13/h4-5H,3,6,13H2,1-2H3,(H,14,15,17)(H,16,19,20). The van der Waals surface area contributed by atoms with E-state index in [4.69, 9.17) is 5.84 Å². The number of H-pyrrole nitrogens is 1. The second-order valence-corrected chi connectivity index (χ2v) is 4.35. The summed E-state index contributed by atoms with van der Waals surface area (Å²) in [6, 6.07) is 1.69. The number of nitrogens with two attached hydrogens (primary N) is 1. The number of rotatable bonds is 4. The van der Waals surface area contributed by atoms with E-state index in [9.17, 15) is 9.59 Å². The minimum Gasteiger partial charge on any atom is -0.308 e. The molecule has 106 valence electrons. The van der Waals surface area contributed by atoms with Gasteiger partial charge in [-0.3, -0.25) is 14.3 Å². The second kappa shape index (κ2) is 5.66. The van der Waals surface area contributed by atoms with Gasteiger partial charge in [0.2, 0.25) is 0 Å². The number of hydrogen-bond donors (Lipinski definition) is 3. The van der Waals surface area contributed by atoms with E-state index in [1.807, 2.05) is 6.92 Å². The zero-order valence-corrected chi connectivity index (χ0v) is 11.3. The Labute approximate surface area is 114 Å². The molecule has 0 atom stereocenters. The van der Waals surface area contributed by atoms with Crippen molar-refractivity contribution in [3.05, 3.63) is 50.2 Å². The van der Waals surface area contributed by atoms with E-state index in [0.717, 1.165) is 5.69 Å². The van der Waals surface area contributed by atoms with Gasteiger partial charge in [0.25, 0.3) is 5.56 Å². The van der Waals surface area contributed by atoms with Crippen LogP contribution in [0.5, 0.6) is 0 Å². The highest BCUT2D eigenvalue weighted by Crippen LogP contribution is 2.05. The zero-order valence-electron chi connectivity index (χ0n) is 11.3. The van der Waals surface area contributed by atoms with Crippen LogP contribution in [0.4, 0.5) is 5.82 Å². The lowest BCUT2D eigenvalue weighted by atomic mass is 10.2. The van der Waals surface area contributed by atoms with Crippen molar-refractivity contribution in [3.63, 3.8) is 0 Å². The van der Waals surface area contributed by atoms with Gasteiger partial charge < -0.3 is 5.43 Å². The number of hydrogen-bond acceptors (Lipinski definition) is 6. The summed E-state index contributed by atoms with van der Waals surface area (Å²) in [6.45, 7) is 3.82. The molecule has 0 spiro atoms. The van der Waals surface area contributed by atoms with Crippen molar-refractivity contribution in [2.45, 2.75) is 26.8 Å². The third-order valence-corrected chi connectivity index (χ3v) is 2.83. The van der Waals surface area contributed by atoms with Gasteiger partial charge in [-0.05, 0) is 13.3 Å². The summed E-state index contributed by atoms with van der Waals surface area (Å²) in [7, 11) is 0. The van der Waals surface area contributed by atoms with Gasteiger partial charge in [0.1, 0.15) is 5.82 Å². The number of aromatic nitrogens is 4. The third kappa shape index (κ3) is 2.91. The van der Waals surface area contributed by atoms with E-state index < -0.39 is 5.69 Å². The Hall–Kier alpha value is -2.48. The van der Waals surface area contributed by atoms with Gasteiger partial charge >= 0.3 is 5.69 Å². The molecule has 0 aromatic carbocycles. The molecule has 0 saturated heterocycles. The molecule has 0 radical (unpaired) electrons. The second-order valence-electron chi connectivity index (χ2n) is 4.35. The van der Waals surface area contributed by atoms with Crippen molar-refractivity contribution in [3.8, 4) is 0 Å². The molecule has 0 aliphatic heterocycles. The molecule has 0 unspecified atom stereocenters. The molecular formula is C12H16N6O2. The SMILES string of the molecule is CCc1cn(Cc2nc(C)cc(NN)n2)c(=O)[nH]c1=O. The van der Waals surface area contributed by atoms with Crippen LogP contribution in [0.1, 0.15) is 24.0 Å². The largest absolute Gasteiger partial charge is 0.328 e. The number of nitrogen functional groups attached to an aromatic ring is 1. The molecule has 0 aliphatic carbocycles. The molecule has 0 fully saturated rings. The van der Waals surface area contributed by atoms with Gasteiger partial charge in [-0.1, -0.05) is 6.92 Å². The zero-order chi connectivity index (χ0) is 14.7. The number of aromatic amines is 1. The topological polar surface area (TPSA) is 119 Å². The lowest BCUT2D eigenvalue weighted by Crippen LogP contribution is -2.32. The molecule has 8 heteroatoms. The summed E-state index contributed by atoms with van der Waals surface area (Å²) in [5.41, 5.74) is 2.87. The van der Waals surface area contributed by atoms with Crippen LogP contribution in [-0.4, -0.2) is 19.5 Å². The van der Waals surface area contributed by atoms with Crippen LogP contribution >= 0.6 is 0 Å². The molecular weight excluding hydrogens is 260 g/mol. The first-order valence-corrected chi connectivity index (χ1v) is 6.17. The highest BCUT2D eigenvalue weighted by atomic mass is 16.2. The smallest absolute Gasteiger partial charge is 0.308 e. The summed E-state index contributed by atoms with van der Waals surface area (Å²) < 4.78 is 1.37. The van der Waals surface area contributed by atoms with Crippen LogP contribution < -0.4 is 22.5 Å². The van der Waals surface area contributed by atoms with Crippen LogP contribution in [0, 0.1) is 6.92 Å². The average Bonchev–Trinajstić information content (AvgIpc) is 2.41. The van der Waals surface area contributed by atoms with Crippen LogP contribution in [0.2, 0.25) is 0 Å². The van der Waals surface area contributed by atoms with Crippen LogP contribution in [0.25, 0.3) is 0 Å². The van der Waals surface area contributed by atoms with Crippen molar-refractivity contribution >= 4 is 5.82 Å². The maximum absolute atomic E-state index is 11.8. The third-order valence-electron chi connectivity index (χ3n) is 2.83. The van der Waals surface area contributed by atoms with Gasteiger partial charge in [-0.15, -0.1) is 0 Å². The molecule has 8 nitrogen and oxygen atoms in total. The van der Waals surface area contributed by atoms with Crippen LogP contribution in [-0.2, 0) is 13.0 Å². The van der Waals surface area contributed by atoms with Crippen LogP contribution in [0.3, 0.4) is 0 Å². The maximum Gasteiger partial charge on any atom is 0.328 e. The normalized spacial score (nSPS) is 10.6. The average molecular weight is 276 g/mol. The summed E-state index contributed by atoms with van der Waals surface area (Å²) in [4.78, 5) is 33.9. The lowest BCUT2D eigenvalue weighted by Gasteiger charge is -2.08. The van der Waals surface area contributed by atoms with Gasteiger partial charge in [0.15, 0.2) is 5.82 Å². The van der Waals surface area contributed by atoms with E-state index in [2.05, 4.69) is 20.4 Å². The van der Waals surface area contributed by atoms with Crippen molar-refractivity contribution in [2.75, 3.05) is 5.43 Å². The fourth-order valence-corrected chi connectivity index (χ4v) is 1.85. The molecule has 2 aromatic heterocycles. The Morgan fingerprint density at radius 3 is 2.80 bits per heavy atom. The molecule has 2 rings (SSSR count). The molecule has 2 heterocycles. The molecule has 0 saturated carbocycles. The van der Waals surface area contributed by atoms with Gasteiger partial charge in [0.05, 0.1) is 6.54 Å². The van der Waals surface area contributed by atoms with Gasteiger partial charge in [0, 0.05) is 23.5 Å². The Morgan fingerprint density at radius 1 is 1.40 bits per heavy atom. The van der Waals surface area contributed by atoms with Crippen molar-refractivity contribution < 1.29 is 0 Å². The first kappa shape index (κ1) is 13.9. The predicted molar refractivity (Wildman–Crippen MR) is 74.4 cm³/mol. The minimum absolute atomic E-state index is 0.166. The number of anilines is 1. The first-order valence-electron chi connectivity index (χ1n) is 6.17.